The van der Waals surface area contributed by atoms with Gasteiger partial charge in [-0.05, 0) is 36.0 Å². The lowest BCUT2D eigenvalue weighted by Crippen LogP contribution is -2.22. The van der Waals surface area contributed by atoms with Crippen molar-refractivity contribution in [2.24, 2.45) is 0 Å². The number of phenolic OH excluding ortho intramolecular Hbond substituents is 1. The summed E-state index contributed by atoms with van der Waals surface area (Å²) in [6.45, 7) is 0. The number of aromatic hydroxyl groups is 1. The molecule has 0 aliphatic carbocycles. The Balaban J connectivity index is 2.33. The van der Waals surface area contributed by atoms with Gasteiger partial charge >= 0.3 is 0 Å². The number of hydrogen-bond donors (Lipinski definition) is 1. The molecular formula is C11H9NO3S. The molecule has 0 radical (unpaired) electrons. The molecule has 0 aromatic heterocycles. The minimum absolute atomic E-state index is 0.135. The first kappa shape index (κ1) is 10.6. The Kier molecular flexibility index (Phi) is 2.62. The largest absolute Gasteiger partial charge is 0.508 e. The second-order valence-corrected chi connectivity index (χ2v) is 3.68. The maximum absolute atomic E-state index is 11.6. The molecule has 4 nitrogen and oxygen atoms in total. The highest BCUT2D eigenvalue weighted by Crippen LogP contribution is 2.20. The Labute approximate surface area is 97.7 Å². The van der Waals surface area contributed by atoms with Crippen LogP contribution in [0.5, 0.6) is 5.75 Å². The van der Waals surface area contributed by atoms with Crippen molar-refractivity contribution in [1.82, 2.24) is 4.90 Å². The van der Waals surface area contributed by atoms with Gasteiger partial charge in [-0.25, -0.2) is 0 Å². The molecule has 1 aliphatic heterocycles. The highest BCUT2D eigenvalue weighted by atomic mass is 32.1. The van der Waals surface area contributed by atoms with E-state index in [2.05, 4.69) is 0 Å². The summed E-state index contributed by atoms with van der Waals surface area (Å²) >= 11 is 4.83. The van der Waals surface area contributed by atoms with Crippen LogP contribution in [0.4, 0.5) is 0 Å². The number of ether oxygens (including phenoxy) is 1. The van der Waals surface area contributed by atoms with E-state index in [9.17, 15) is 9.90 Å². The van der Waals surface area contributed by atoms with Gasteiger partial charge < -0.3 is 9.84 Å². The molecule has 16 heavy (non-hydrogen) atoms. The summed E-state index contributed by atoms with van der Waals surface area (Å²) in [5.74, 6) is 0.0159. The van der Waals surface area contributed by atoms with E-state index in [-0.39, 0.29) is 22.6 Å². The third-order valence-electron chi connectivity index (χ3n) is 2.15. The zero-order chi connectivity index (χ0) is 11.7. The topological polar surface area (TPSA) is 49.8 Å². The Morgan fingerprint density at radius 2 is 2.25 bits per heavy atom. The van der Waals surface area contributed by atoms with Crippen molar-refractivity contribution in [3.8, 4) is 5.75 Å². The molecule has 0 bridgehead atoms. The molecule has 1 saturated heterocycles. The lowest BCUT2D eigenvalue weighted by Gasteiger charge is -2.00. The van der Waals surface area contributed by atoms with Gasteiger partial charge in [0.05, 0.1) is 0 Å². The van der Waals surface area contributed by atoms with Gasteiger partial charge in [-0.15, -0.1) is 0 Å². The van der Waals surface area contributed by atoms with E-state index in [4.69, 9.17) is 17.0 Å². The smallest absolute Gasteiger partial charge is 0.296 e. The molecule has 82 valence electrons. The van der Waals surface area contributed by atoms with Crippen LogP contribution < -0.4 is 0 Å². The molecule has 1 amide bonds. The van der Waals surface area contributed by atoms with Crippen LogP contribution in [0, 0.1) is 0 Å². The Morgan fingerprint density at radius 1 is 1.50 bits per heavy atom. The summed E-state index contributed by atoms with van der Waals surface area (Å²) < 4.78 is 5.12. The fourth-order valence-electron chi connectivity index (χ4n) is 1.31. The molecule has 1 aromatic carbocycles. The molecule has 1 heterocycles. The van der Waals surface area contributed by atoms with E-state index in [1.807, 2.05) is 0 Å². The van der Waals surface area contributed by atoms with Crippen LogP contribution in [0.25, 0.3) is 6.08 Å². The van der Waals surface area contributed by atoms with Crippen LogP contribution in [0.1, 0.15) is 5.56 Å². The summed E-state index contributed by atoms with van der Waals surface area (Å²) in [6, 6.07) is 6.52. The lowest BCUT2D eigenvalue weighted by molar-refractivity contribution is -0.122. The molecule has 1 aromatic rings. The number of likely N-dealkylation sites (N-methyl/N-ethyl adjacent to an activating group) is 1. The molecular weight excluding hydrogens is 226 g/mol. The number of amides is 1. The normalized spacial score (nSPS) is 18.1. The van der Waals surface area contributed by atoms with E-state index in [1.165, 1.54) is 17.0 Å². The number of carbonyl (C=O) groups excluding carboxylic acids is 1. The average Bonchev–Trinajstić information content (AvgIpc) is 2.47. The van der Waals surface area contributed by atoms with Gasteiger partial charge in [-0.3, -0.25) is 9.69 Å². The summed E-state index contributed by atoms with van der Waals surface area (Å²) in [4.78, 5) is 12.8. The maximum atomic E-state index is 11.6. The maximum Gasteiger partial charge on any atom is 0.296 e. The van der Waals surface area contributed by atoms with Crippen molar-refractivity contribution >= 4 is 29.4 Å². The molecule has 5 heteroatoms. The Bertz CT molecular complexity index is 496. The Morgan fingerprint density at radius 3 is 2.81 bits per heavy atom. The molecule has 1 N–H and O–H groups in total. The first-order chi connectivity index (χ1) is 7.58. The average molecular weight is 235 g/mol. The van der Waals surface area contributed by atoms with Crippen molar-refractivity contribution in [3.05, 3.63) is 35.6 Å². The molecule has 0 spiro atoms. The van der Waals surface area contributed by atoms with Gasteiger partial charge in [-0.2, -0.15) is 0 Å². The SMILES string of the molecule is CN1C(=O)/C(=C\c2cccc(O)c2)OC1=S. The predicted molar refractivity (Wildman–Crippen MR) is 62.5 cm³/mol. The number of rotatable bonds is 1. The summed E-state index contributed by atoms with van der Waals surface area (Å²) in [5.41, 5.74) is 0.682. The van der Waals surface area contributed by atoms with Gasteiger partial charge in [-0.1, -0.05) is 12.1 Å². The van der Waals surface area contributed by atoms with Crippen molar-refractivity contribution in [1.29, 1.82) is 0 Å². The molecule has 0 atom stereocenters. The summed E-state index contributed by atoms with van der Waals surface area (Å²) in [5, 5.41) is 9.40. The van der Waals surface area contributed by atoms with Crippen LogP contribution in [-0.2, 0) is 9.53 Å². The van der Waals surface area contributed by atoms with Gasteiger partial charge in [0.15, 0.2) is 5.76 Å². The van der Waals surface area contributed by atoms with E-state index < -0.39 is 0 Å². The van der Waals surface area contributed by atoms with Gasteiger partial charge in [0.25, 0.3) is 11.1 Å². The summed E-state index contributed by atoms with van der Waals surface area (Å²) in [6.07, 6.45) is 1.54. The van der Waals surface area contributed by atoms with Crippen LogP contribution in [0.3, 0.4) is 0 Å². The number of benzene rings is 1. The van der Waals surface area contributed by atoms with Crippen LogP contribution in [-0.4, -0.2) is 28.1 Å². The first-order valence-corrected chi connectivity index (χ1v) is 4.99. The molecule has 1 aliphatic rings. The minimum atomic E-state index is -0.284. The number of phenols is 1. The first-order valence-electron chi connectivity index (χ1n) is 4.58. The van der Waals surface area contributed by atoms with Gasteiger partial charge in [0.2, 0.25) is 0 Å². The fourth-order valence-corrected chi connectivity index (χ4v) is 1.48. The van der Waals surface area contributed by atoms with Gasteiger partial charge in [0, 0.05) is 7.05 Å². The van der Waals surface area contributed by atoms with E-state index in [1.54, 1.807) is 25.2 Å². The molecule has 1 fully saturated rings. The third-order valence-corrected chi connectivity index (χ3v) is 2.51. The molecule has 2 rings (SSSR count). The highest BCUT2D eigenvalue weighted by Gasteiger charge is 2.29. The van der Waals surface area contributed by atoms with Crippen molar-refractivity contribution in [3.63, 3.8) is 0 Å². The zero-order valence-corrected chi connectivity index (χ0v) is 9.32. The monoisotopic (exact) mass is 235 g/mol. The Hall–Kier alpha value is -1.88. The predicted octanol–water partition coefficient (Wildman–Crippen LogP) is 1.51. The number of nitrogens with zero attached hydrogens (tertiary/aromatic N) is 1. The van der Waals surface area contributed by atoms with Gasteiger partial charge in [0.1, 0.15) is 5.75 Å². The molecule has 0 unspecified atom stereocenters. The highest BCUT2D eigenvalue weighted by molar-refractivity contribution is 7.80. The third kappa shape index (κ3) is 1.90. The number of carbonyl (C=O) groups is 1. The van der Waals surface area contributed by atoms with Crippen LogP contribution in [0.2, 0.25) is 0 Å². The van der Waals surface area contributed by atoms with Crippen molar-refractivity contribution in [2.75, 3.05) is 7.05 Å². The van der Waals surface area contributed by atoms with E-state index in [0.717, 1.165) is 0 Å². The fraction of sp³-hybridized carbons (Fsp3) is 0.0909. The second-order valence-electron chi connectivity index (χ2n) is 3.34. The van der Waals surface area contributed by atoms with Crippen LogP contribution >= 0.6 is 12.2 Å². The lowest BCUT2D eigenvalue weighted by atomic mass is 10.2. The zero-order valence-electron chi connectivity index (χ0n) is 8.51. The van der Waals surface area contributed by atoms with Crippen molar-refractivity contribution in [2.45, 2.75) is 0 Å². The van der Waals surface area contributed by atoms with Crippen molar-refractivity contribution < 1.29 is 14.6 Å². The summed E-state index contributed by atoms with van der Waals surface area (Å²) in [7, 11) is 1.55. The minimum Gasteiger partial charge on any atom is -0.508 e. The van der Waals surface area contributed by atoms with Crippen LogP contribution in [0.15, 0.2) is 30.0 Å². The van der Waals surface area contributed by atoms with E-state index >= 15 is 0 Å². The second kappa shape index (κ2) is 3.94. The number of hydrogen-bond acceptors (Lipinski definition) is 4. The number of thiocarbonyl (C=S) groups is 1. The quantitative estimate of drug-likeness (QED) is 0.592. The standard InChI is InChI=1S/C11H9NO3S/c1-12-10(14)9(15-11(12)16)6-7-3-2-4-8(13)5-7/h2-6,13H,1H3/b9-6+. The van der Waals surface area contributed by atoms with E-state index in [0.29, 0.717) is 5.56 Å². The molecule has 0 saturated carbocycles.